The van der Waals surface area contributed by atoms with Crippen molar-refractivity contribution in [3.8, 4) is 0 Å². The average Bonchev–Trinajstić information content (AvgIpc) is 3.11. The number of esters is 3. The molecule has 6 heteroatoms. The quantitative estimate of drug-likeness (QED) is 0.0357. The first-order valence-corrected chi connectivity index (χ1v) is 22.3. The van der Waals surface area contributed by atoms with Crippen LogP contribution in [-0.4, -0.2) is 37.2 Å². The van der Waals surface area contributed by atoms with Crippen molar-refractivity contribution in [3.05, 3.63) is 0 Å². The molecule has 0 aromatic rings. The van der Waals surface area contributed by atoms with Crippen LogP contribution in [0.5, 0.6) is 0 Å². The molecule has 0 aliphatic heterocycles. The Bertz CT molecular complexity index is 781. The number of rotatable bonds is 39. The fraction of sp³-hybridized carbons (Fsp3) is 0.933. The van der Waals surface area contributed by atoms with Gasteiger partial charge in [-0.1, -0.05) is 202 Å². The van der Waals surface area contributed by atoms with Gasteiger partial charge in [-0.2, -0.15) is 0 Å². The zero-order valence-electron chi connectivity index (χ0n) is 34.7. The van der Waals surface area contributed by atoms with Crippen molar-refractivity contribution < 1.29 is 28.6 Å². The Morgan fingerprint density at radius 3 is 1.12 bits per heavy atom. The van der Waals surface area contributed by atoms with E-state index in [4.69, 9.17) is 14.2 Å². The van der Waals surface area contributed by atoms with Gasteiger partial charge in [0.25, 0.3) is 0 Å². The Balaban J connectivity index is 4.33. The molecule has 0 rings (SSSR count). The maximum atomic E-state index is 12.7. The molecule has 0 saturated carbocycles. The standard InChI is InChI=1S/C45H86O6/c1-6-8-9-10-11-15-19-25-30-35-43(46)49-38-42(39-50-44(47)36-31-26-22-21-24-29-34-41(5)7-2)51-45(48)37-32-27-20-17-14-12-13-16-18-23-28-33-40(3)4/h40-42H,6-39H2,1-5H3/t41?,42-/m1/s1. The summed E-state index contributed by atoms with van der Waals surface area (Å²) in [6.07, 6.45) is 35.2. The fourth-order valence-corrected chi connectivity index (χ4v) is 6.54. The summed E-state index contributed by atoms with van der Waals surface area (Å²) in [5, 5.41) is 0. The van der Waals surface area contributed by atoms with Crippen molar-refractivity contribution >= 4 is 17.9 Å². The minimum absolute atomic E-state index is 0.0658. The highest BCUT2D eigenvalue weighted by molar-refractivity contribution is 5.71. The highest BCUT2D eigenvalue weighted by Gasteiger charge is 2.19. The van der Waals surface area contributed by atoms with Crippen LogP contribution in [0.3, 0.4) is 0 Å². The molecule has 0 radical (unpaired) electrons. The van der Waals surface area contributed by atoms with Gasteiger partial charge in [0.2, 0.25) is 0 Å². The molecular weight excluding hydrogens is 636 g/mol. The molecule has 0 N–H and O–H groups in total. The second kappa shape index (κ2) is 38.1. The zero-order chi connectivity index (χ0) is 37.6. The molecule has 0 saturated heterocycles. The molecule has 0 bridgehead atoms. The van der Waals surface area contributed by atoms with Crippen LogP contribution in [0.4, 0.5) is 0 Å². The molecule has 0 fully saturated rings. The van der Waals surface area contributed by atoms with Crippen molar-refractivity contribution in [2.75, 3.05) is 13.2 Å². The third-order valence-electron chi connectivity index (χ3n) is 10.3. The molecule has 302 valence electrons. The van der Waals surface area contributed by atoms with Crippen LogP contribution in [0, 0.1) is 11.8 Å². The van der Waals surface area contributed by atoms with Crippen molar-refractivity contribution in [2.45, 2.75) is 246 Å². The third-order valence-corrected chi connectivity index (χ3v) is 10.3. The first-order chi connectivity index (χ1) is 24.8. The smallest absolute Gasteiger partial charge is 0.306 e. The van der Waals surface area contributed by atoms with Crippen LogP contribution in [0.25, 0.3) is 0 Å². The summed E-state index contributed by atoms with van der Waals surface area (Å²) in [5.74, 6) is 0.775. The van der Waals surface area contributed by atoms with Crippen LogP contribution < -0.4 is 0 Å². The van der Waals surface area contributed by atoms with Gasteiger partial charge in [-0.05, 0) is 31.1 Å². The van der Waals surface area contributed by atoms with E-state index >= 15 is 0 Å². The third kappa shape index (κ3) is 38.0. The van der Waals surface area contributed by atoms with Gasteiger partial charge >= 0.3 is 17.9 Å². The van der Waals surface area contributed by atoms with Crippen LogP contribution in [0.2, 0.25) is 0 Å². The number of hydrogen-bond acceptors (Lipinski definition) is 6. The highest BCUT2D eigenvalue weighted by atomic mass is 16.6. The van der Waals surface area contributed by atoms with E-state index in [1.807, 2.05) is 0 Å². The van der Waals surface area contributed by atoms with E-state index in [0.29, 0.717) is 19.3 Å². The number of unbranched alkanes of at least 4 members (excludes halogenated alkanes) is 23. The lowest BCUT2D eigenvalue weighted by molar-refractivity contribution is -0.167. The normalized spacial score (nSPS) is 12.6. The fourth-order valence-electron chi connectivity index (χ4n) is 6.54. The molecular formula is C45H86O6. The molecule has 1 unspecified atom stereocenters. The predicted octanol–water partition coefficient (Wildman–Crippen LogP) is 13.8. The summed E-state index contributed by atoms with van der Waals surface area (Å²) in [5.41, 5.74) is 0. The Hall–Kier alpha value is -1.59. The van der Waals surface area contributed by atoms with Crippen molar-refractivity contribution in [1.82, 2.24) is 0 Å². The van der Waals surface area contributed by atoms with E-state index in [2.05, 4.69) is 34.6 Å². The Kier molecular flexibility index (Phi) is 37.0. The van der Waals surface area contributed by atoms with Crippen molar-refractivity contribution in [2.24, 2.45) is 11.8 Å². The number of carbonyl (C=O) groups is 3. The Morgan fingerprint density at radius 1 is 0.412 bits per heavy atom. The molecule has 0 aromatic heterocycles. The van der Waals surface area contributed by atoms with E-state index in [1.54, 1.807) is 0 Å². The van der Waals surface area contributed by atoms with Gasteiger partial charge < -0.3 is 14.2 Å². The molecule has 2 atom stereocenters. The van der Waals surface area contributed by atoms with Gasteiger partial charge in [-0.15, -0.1) is 0 Å². The molecule has 0 spiro atoms. The lowest BCUT2D eigenvalue weighted by Crippen LogP contribution is -2.30. The van der Waals surface area contributed by atoms with Gasteiger partial charge in [0.1, 0.15) is 13.2 Å². The summed E-state index contributed by atoms with van der Waals surface area (Å²) in [4.78, 5) is 37.6. The molecule has 0 aliphatic carbocycles. The van der Waals surface area contributed by atoms with E-state index in [0.717, 1.165) is 69.6 Å². The lowest BCUT2D eigenvalue weighted by Gasteiger charge is -2.18. The van der Waals surface area contributed by atoms with Crippen LogP contribution in [-0.2, 0) is 28.6 Å². The predicted molar refractivity (Wildman–Crippen MR) is 215 cm³/mol. The molecule has 6 nitrogen and oxygen atoms in total. The van der Waals surface area contributed by atoms with Crippen LogP contribution in [0.15, 0.2) is 0 Å². The first kappa shape index (κ1) is 49.4. The maximum Gasteiger partial charge on any atom is 0.306 e. The lowest BCUT2D eigenvalue weighted by atomic mass is 10.00. The molecule has 51 heavy (non-hydrogen) atoms. The van der Waals surface area contributed by atoms with Crippen molar-refractivity contribution in [1.29, 1.82) is 0 Å². The summed E-state index contributed by atoms with van der Waals surface area (Å²) in [6, 6.07) is 0. The average molecular weight is 723 g/mol. The Labute approximate surface area is 317 Å². The number of hydrogen-bond donors (Lipinski definition) is 0. The summed E-state index contributed by atoms with van der Waals surface area (Å²) in [6.45, 7) is 11.3. The SMILES string of the molecule is CCCCCCCCCCCC(=O)OC[C@H](COC(=O)CCCCCCCCC(C)CC)OC(=O)CCCCCCCCCCCCCC(C)C. The second-order valence-electron chi connectivity index (χ2n) is 16.1. The summed E-state index contributed by atoms with van der Waals surface area (Å²) >= 11 is 0. The molecule has 0 aliphatic rings. The van der Waals surface area contributed by atoms with E-state index in [-0.39, 0.29) is 31.1 Å². The van der Waals surface area contributed by atoms with Gasteiger partial charge in [0, 0.05) is 19.3 Å². The monoisotopic (exact) mass is 723 g/mol. The van der Waals surface area contributed by atoms with E-state index < -0.39 is 6.10 Å². The highest BCUT2D eigenvalue weighted by Crippen LogP contribution is 2.17. The van der Waals surface area contributed by atoms with Crippen LogP contribution in [0.1, 0.15) is 240 Å². The number of ether oxygens (including phenoxy) is 3. The van der Waals surface area contributed by atoms with E-state index in [9.17, 15) is 14.4 Å². The minimum atomic E-state index is -0.760. The van der Waals surface area contributed by atoms with Crippen molar-refractivity contribution in [3.63, 3.8) is 0 Å². The molecule has 0 amide bonds. The van der Waals surface area contributed by atoms with Gasteiger partial charge in [-0.3, -0.25) is 14.4 Å². The second-order valence-corrected chi connectivity index (χ2v) is 16.1. The summed E-state index contributed by atoms with van der Waals surface area (Å²) in [7, 11) is 0. The van der Waals surface area contributed by atoms with Gasteiger partial charge in [0.15, 0.2) is 6.10 Å². The first-order valence-electron chi connectivity index (χ1n) is 22.3. The Morgan fingerprint density at radius 2 is 0.745 bits per heavy atom. The zero-order valence-corrected chi connectivity index (χ0v) is 34.7. The van der Waals surface area contributed by atoms with E-state index in [1.165, 1.54) is 128 Å². The largest absolute Gasteiger partial charge is 0.462 e. The minimum Gasteiger partial charge on any atom is -0.462 e. The maximum absolute atomic E-state index is 12.7. The number of carbonyl (C=O) groups excluding carboxylic acids is 3. The molecule has 0 heterocycles. The van der Waals surface area contributed by atoms with Gasteiger partial charge in [-0.25, -0.2) is 0 Å². The van der Waals surface area contributed by atoms with Gasteiger partial charge in [0.05, 0.1) is 0 Å². The summed E-state index contributed by atoms with van der Waals surface area (Å²) < 4.78 is 16.7. The van der Waals surface area contributed by atoms with Crippen LogP contribution >= 0.6 is 0 Å². The molecule has 0 aromatic carbocycles. The topological polar surface area (TPSA) is 78.9 Å².